The van der Waals surface area contributed by atoms with Crippen LogP contribution in [0.4, 0.5) is 68.2 Å². The van der Waals surface area contributed by atoms with E-state index in [2.05, 4.69) is 553 Å². The van der Waals surface area contributed by atoms with E-state index in [0.29, 0.717) is 0 Å². The molecule has 0 spiro atoms. The van der Waals surface area contributed by atoms with Gasteiger partial charge in [-0.3, -0.25) is 0 Å². The molecule has 4 aliphatic heterocycles. The summed E-state index contributed by atoms with van der Waals surface area (Å²) in [5.41, 5.74) is 37.7. The highest BCUT2D eigenvalue weighted by Gasteiger charge is 2.52. The van der Waals surface area contributed by atoms with Crippen LogP contribution in [0.1, 0.15) is 97.2 Å². The molecule has 139 heavy (non-hydrogen) atoms. The molecule has 0 saturated carbocycles. The second-order valence-electron chi connectivity index (χ2n) is 40.0. The van der Waals surface area contributed by atoms with Crippen molar-refractivity contribution in [1.29, 1.82) is 0 Å². The van der Waals surface area contributed by atoms with Crippen LogP contribution in [0.25, 0.3) is 98.7 Å². The predicted molar refractivity (Wildman–Crippen MR) is 588 cm³/mol. The Hall–Kier alpha value is -16.9. The van der Waals surface area contributed by atoms with Gasteiger partial charge in [-0.2, -0.15) is 0 Å². The first kappa shape index (κ1) is 82.8. The Bertz CT molecular complexity index is 8280. The highest BCUT2D eigenvalue weighted by atomic mass is 15.2. The summed E-state index contributed by atoms with van der Waals surface area (Å²) < 4.78 is 0. The maximum atomic E-state index is 2.82. The van der Waals surface area contributed by atoms with E-state index in [1.807, 2.05) is 0 Å². The summed E-state index contributed by atoms with van der Waals surface area (Å²) >= 11 is 0. The number of benzene rings is 22. The molecule has 0 N–H and O–H groups in total. The van der Waals surface area contributed by atoms with Gasteiger partial charge in [0.25, 0.3) is 6.71 Å². The predicted octanol–water partition coefficient (Wildman–Crippen LogP) is 33.6. The number of fused-ring (bicyclic) bond motifs is 14. The minimum absolute atomic E-state index is 0.134. The van der Waals surface area contributed by atoms with Gasteiger partial charge in [-0.15, -0.1) is 0 Å². The summed E-state index contributed by atoms with van der Waals surface area (Å²) in [7, 11) is 0. The number of anilines is 12. The van der Waals surface area contributed by atoms with Gasteiger partial charge in [0, 0.05) is 56.4 Å². The van der Waals surface area contributed by atoms with E-state index >= 15 is 0 Å². The van der Waals surface area contributed by atoms with Crippen LogP contribution in [0.15, 0.2) is 491 Å². The van der Waals surface area contributed by atoms with Gasteiger partial charge in [-0.1, -0.05) is 448 Å². The largest absolute Gasteiger partial charge is 0.310 e. The van der Waals surface area contributed by atoms with Crippen LogP contribution in [-0.4, -0.2) is 6.71 Å². The van der Waals surface area contributed by atoms with E-state index in [1.54, 1.807) is 0 Å². The Morgan fingerprint density at radius 1 is 0.194 bits per heavy atom. The number of hydrogen-bond acceptors (Lipinski definition) is 4. The van der Waals surface area contributed by atoms with Crippen molar-refractivity contribution in [3.8, 4) is 55.6 Å². The lowest BCUT2D eigenvalue weighted by Gasteiger charge is -2.48. The summed E-state index contributed by atoms with van der Waals surface area (Å²) in [4.78, 5) is 10.8. The fraction of sp³-hybridized carbons (Fsp3) is 0.0746. The van der Waals surface area contributed by atoms with Crippen LogP contribution in [-0.2, 0) is 21.7 Å². The molecule has 26 rings (SSSR count). The van der Waals surface area contributed by atoms with Crippen LogP contribution in [0.5, 0.6) is 0 Å². The van der Waals surface area contributed by atoms with Gasteiger partial charge < -0.3 is 19.6 Å². The van der Waals surface area contributed by atoms with Gasteiger partial charge in [0.15, 0.2) is 0 Å². The van der Waals surface area contributed by atoms with Crippen molar-refractivity contribution in [2.24, 2.45) is 0 Å². The average molecular weight is 1780 g/mol. The fourth-order valence-corrected chi connectivity index (χ4v) is 24.2. The first-order valence-electron chi connectivity index (χ1n) is 48.9. The minimum Gasteiger partial charge on any atom is -0.310 e. The molecule has 4 aliphatic rings. The zero-order valence-electron chi connectivity index (χ0n) is 78.6. The monoisotopic (exact) mass is 1770 g/mol. The smallest absolute Gasteiger partial charge is 0.252 e. The van der Waals surface area contributed by atoms with Crippen molar-refractivity contribution in [3.05, 3.63) is 547 Å². The summed E-state index contributed by atoms with van der Waals surface area (Å²) in [5.74, 6) is 0. The van der Waals surface area contributed by atoms with Gasteiger partial charge in [0.05, 0.1) is 45.0 Å². The van der Waals surface area contributed by atoms with Gasteiger partial charge in [0.2, 0.25) is 0 Å². The Kier molecular flexibility index (Phi) is 19.3. The van der Waals surface area contributed by atoms with Crippen LogP contribution in [0, 0.1) is 0 Å². The molecule has 22 aromatic rings. The molecule has 4 nitrogen and oxygen atoms in total. The topological polar surface area (TPSA) is 13.0 Å². The fourth-order valence-electron chi connectivity index (χ4n) is 24.2. The number of nitrogens with zero attached hydrogens (tertiary/aromatic N) is 4. The number of para-hydroxylation sites is 5. The molecule has 0 fully saturated rings. The average Bonchev–Trinajstić information content (AvgIpc) is 0.701. The van der Waals surface area contributed by atoms with Gasteiger partial charge in [0.1, 0.15) is 0 Å². The maximum Gasteiger partial charge on any atom is 0.252 e. The highest BCUT2D eigenvalue weighted by molar-refractivity contribution is 7.00. The van der Waals surface area contributed by atoms with Crippen molar-refractivity contribution in [3.63, 3.8) is 0 Å². The molecule has 4 heterocycles. The Balaban J connectivity index is 0.846. The second kappa shape index (κ2) is 32.4. The van der Waals surface area contributed by atoms with E-state index < -0.39 is 17.5 Å². The van der Waals surface area contributed by atoms with Crippen molar-refractivity contribution in [1.82, 2.24) is 0 Å². The Labute approximate surface area is 814 Å². The molecule has 658 valence electrons. The third-order valence-corrected chi connectivity index (χ3v) is 30.4. The molecule has 0 unspecified atom stereocenters. The molecular weight excluding hydrogens is 1680 g/mol. The van der Waals surface area contributed by atoms with Crippen molar-refractivity contribution >= 4 is 134 Å². The first-order chi connectivity index (χ1) is 68.3. The molecular formula is C134H99BN4. The molecule has 0 aliphatic carbocycles. The molecule has 22 aromatic carbocycles. The molecule has 5 heteroatoms. The normalized spacial score (nSPS) is 13.7. The second-order valence-corrected chi connectivity index (χ2v) is 40.0. The SMILES string of the molecule is CC(C)(C)c1ccc(-c2cc3c4c(c2)N(c2c(-c5cc6ccccc6c6ccccc56)cc(C(C)(C)C)cc2-c2cc5ccccc5c5ccccc25)c2cc(N5c6ccccc6C(c6ccccc6)(c6ccccc6)c6ccccc65)ccc2B4c2ccc(N4c5ccccc5C(c5ccccc5)(c5ccccc5)c5ccccc54)cc2N3c2c(-c3ccccc3)cccc2-c2ccccc2)cc1. The quantitative estimate of drug-likeness (QED) is 0.0842. The Morgan fingerprint density at radius 3 is 0.878 bits per heavy atom. The summed E-state index contributed by atoms with van der Waals surface area (Å²) in [6.45, 7) is 13.8. The summed E-state index contributed by atoms with van der Waals surface area (Å²) in [5, 5.41) is 9.52. The lowest BCUT2D eigenvalue weighted by Crippen LogP contribution is -2.61. The highest BCUT2D eigenvalue weighted by Crippen LogP contribution is 2.64. The van der Waals surface area contributed by atoms with E-state index in [4.69, 9.17) is 0 Å². The van der Waals surface area contributed by atoms with Crippen molar-refractivity contribution < 1.29 is 0 Å². The molecule has 0 bridgehead atoms. The number of hydrogen-bond donors (Lipinski definition) is 0. The van der Waals surface area contributed by atoms with Crippen LogP contribution in [0.2, 0.25) is 0 Å². The summed E-state index contributed by atoms with van der Waals surface area (Å²) in [6.07, 6.45) is 0. The van der Waals surface area contributed by atoms with Gasteiger partial charge >= 0.3 is 0 Å². The van der Waals surface area contributed by atoms with Crippen molar-refractivity contribution in [2.75, 3.05) is 19.6 Å². The maximum absolute atomic E-state index is 2.82. The molecule has 0 aromatic heterocycles. The zero-order valence-corrected chi connectivity index (χ0v) is 78.6. The first-order valence-corrected chi connectivity index (χ1v) is 48.9. The van der Waals surface area contributed by atoms with E-state index in [9.17, 15) is 0 Å². The molecule has 0 atom stereocenters. The van der Waals surface area contributed by atoms with Crippen molar-refractivity contribution in [2.45, 2.75) is 63.2 Å². The molecule has 0 radical (unpaired) electrons. The minimum atomic E-state index is -0.728. The lowest BCUT2D eigenvalue weighted by atomic mass is 9.33. The zero-order chi connectivity index (χ0) is 93.0. The van der Waals surface area contributed by atoms with Gasteiger partial charge in [-0.25, -0.2) is 0 Å². The third-order valence-electron chi connectivity index (χ3n) is 30.4. The van der Waals surface area contributed by atoms with Crippen LogP contribution < -0.4 is 36.0 Å². The standard InChI is InChI=1S/C134H99BN4/c1-131(2,3)94-74-72-88(73-75-94)93-82-126-128-127(83-93)139(130-112(110-80-91-46-25-27-56-102(91)106-58-29-31-60-108(106)110)84-99(132(4,5)6)85-113(130)111-81-92-47-26-28-57-103(92)107-59-30-32-61-109(107)111)125-87-101(137-122-70-39-35-66-116(122)134(97-52-21-11-22-53-97,98-54-23-12-24-55-98)117-67-36-40-71-123(117)137)77-79-119(125)135(128)118-78-76-100(86-124(118)138(126)129-104(89-42-13-7-14-43-89)62-41-63-105(129)90-44-15-8-16-45-90)136-120-68-37-33-64-114(120)133(95-48-17-9-18-49-95,96-50-19-10-20-51-96)115-65-34-38-69-121(115)136/h7-87H,1-6H3. The third kappa shape index (κ3) is 12.9. The number of rotatable bonds is 13. The van der Waals surface area contributed by atoms with E-state index in [1.165, 1.54) is 115 Å². The van der Waals surface area contributed by atoms with Crippen LogP contribution in [0.3, 0.4) is 0 Å². The van der Waals surface area contributed by atoms with E-state index in [-0.39, 0.29) is 10.8 Å². The summed E-state index contributed by atoms with van der Waals surface area (Å²) in [6, 6.07) is 188. The van der Waals surface area contributed by atoms with Gasteiger partial charge in [-0.05, 0) is 244 Å². The molecule has 0 saturated heterocycles. The van der Waals surface area contributed by atoms with Crippen LogP contribution >= 0.6 is 0 Å². The van der Waals surface area contributed by atoms with E-state index in [0.717, 1.165) is 124 Å². The Morgan fingerprint density at radius 2 is 0.511 bits per heavy atom. The molecule has 0 amide bonds. The lowest BCUT2D eigenvalue weighted by molar-refractivity contribution is 0.590.